The van der Waals surface area contributed by atoms with Crippen molar-refractivity contribution in [3.8, 4) is 0 Å². The third kappa shape index (κ3) is 4.17. The van der Waals surface area contributed by atoms with E-state index in [1.54, 1.807) is 0 Å². The zero-order valence-corrected chi connectivity index (χ0v) is 12.7. The van der Waals surface area contributed by atoms with Crippen molar-refractivity contribution in [3.63, 3.8) is 0 Å². The normalized spacial score (nSPS) is 21.8. The number of nitrogens with one attached hydrogen (secondary N) is 1. The van der Waals surface area contributed by atoms with E-state index in [1.165, 1.54) is 31.0 Å². The molecular formula is C15H19ClN2O3. The Morgan fingerprint density at radius 3 is 2.62 bits per heavy atom. The van der Waals surface area contributed by atoms with Crippen LogP contribution in [0.2, 0.25) is 5.02 Å². The molecule has 1 saturated carbocycles. The quantitative estimate of drug-likeness (QED) is 0.679. The number of amides is 1. The molecule has 0 spiro atoms. The molecule has 1 aromatic carbocycles. The molecule has 0 aliphatic heterocycles. The smallest absolute Gasteiger partial charge is 0.287 e. The molecular weight excluding hydrogens is 292 g/mol. The van der Waals surface area contributed by atoms with Gasteiger partial charge in [0.15, 0.2) is 0 Å². The van der Waals surface area contributed by atoms with Crippen LogP contribution in [-0.4, -0.2) is 17.4 Å². The van der Waals surface area contributed by atoms with Crippen LogP contribution in [0.25, 0.3) is 0 Å². The number of nitrogens with zero attached hydrogens (tertiary/aromatic N) is 1. The molecule has 0 saturated heterocycles. The zero-order valence-electron chi connectivity index (χ0n) is 12.0. The van der Waals surface area contributed by atoms with Gasteiger partial charge in [-0.1, -0.05) is 31.4 Å². The van der Waals surface area contributed by atoms with Gasteiger partial charge in [-0.05, 0) is 36.8 Å². The van der Waals surface area contributed by atoms with Crippen LogP contribution in [0.15, 0.2) is 18.2 Å². The van der Waals surface area contributed by atoms with E-state index >= 15 is 0 Å². The summed E-state index contributed by atoms with van der Waals surface area (Å²) in [5, 5.41) is 13.6. The highest BCUT2D eigenvalue weighted by molar-refractivity contribution is 6.33. The Balaban J connectivity index is 1.91. The molecule has 114 valence electrons. The Morgan fingerprint density at radius 2 is 2.05 bits per heavy atom. The molecule has 0 bridgehead atoms. The number of rotatable bonds is 4. The highest BCUT2D eigenvalue weighted by Crippen LogP contribution is 2.28. The molecule has 1 aliphatic rings. The molecule has 1 aromatic rings. The van der Waals surface area contributed by atoms with Gasteiger partial charge < -0.3 is 5.32 Å². The molecule has 0 unspecified atom stereocenters. The van der Waals surface area contributed by atoms with Gasteiger partial charge in [0, 0.05) is 18.2 Å². The van der Waals surface area contributed by atoms with Gasteiger partial charge in [-0.15, -0.1) is 0 Å². The Bertz CT molecular complexity index is 540. The molecule has 21 heavy (non-hydrogen) atoms. The lowest BCUT2D eigenvalue weighted by Crippen LogP contribution is -2.31. The van der Waals surface area contributed by atoms with Crippen LogP contribution < -0.4 is 5.32 Å². The summed E-state index contributed by atoms with van der Waals surface area (Å²) < 4.78 is 0. The van der Waals surface area contributed by atoms with E-state index in [4.69, 9.17) is 11.6 Å². The lowest BCUT2D eigenvalue weighted by Gasteiger charge is -2.26. The van der Waals surface area contributed by atoms with Crippen molar-refractivity contribution in [2.75, 3.05) is 6.54 Å². The summed E-state index contributed by atoms with van der Waals surface area (Å²) in [4.78, 5) is 22.2. The minimum atomic E-state index is -0.562. The summed E-state index contributed by atoms with van der Waals surface area (Å²) in [6.07, 6.45) is 4.71. The number of hydrogen-bond acceptors (Lipinski definition) is 3. The van der Waals surface area contributed by atoms with Crippen molar-refractivity contribution < 1.29 is 9.72 Å². The number of carbonyl (C=O) groups excluding carboxylic acids is 1. The fraction of sp³-hybridized carbons (Fsp3) is 0.533. The number of benzene rings is 1. The third-order valence-corrected chi connectivity index (χ3v) is 4.40. The Morgan fingerprint density at radius 1 is 1.38 bits per heavy atom. The maximum absolute atomic E-state index is 12.0. The molecule has 2 rings (SSSR count). The predicted molar refractivity (Wildman–Crippen MR) is 81.6 cm³/mol. The van der Waals surface area contributed by atoms with Crippen LogP contribution in [0.4, 0.5) is 5.69 Å². The van der Waals surface area contributed by atoms with Gasteiger partial charge in [0.25, 0.3) is 11.6 Å². The van der Waals surface area contributed by atoms with Crippen LogP contribution in [0.3, 0.4) is 0 Å². The van der Waals surface area contributed by atoms with Crippen LogP contribution in [0, 0.1) is 22.0 Å². The number of halogens is 1. The fourth-order valence-corrected chi connectivity index (χ4v) is 2.92. The summed E-state index contributed by atoms with van der Waals surface area (Å²) >= 11 is 5.81. The van der Waals surface area contributed by atoms with E-state index in [2.05, 4.69) is 12.2 Å². The second-order valence-electron chi connectivity index (χ2n) is 5.76. The van der Waals surface area contributed by atoms with Gasteiger partial charge in [-0.2, -0.15) is 0 Å². The third-order valence-electron chi connectivity index (χ3n) is 4.09. The van der Waals surface area contributed by atoms with Gasteiger partial charge >= 0.3 is 0 Å². The zero-order chi connectivity index (χ0) is 15.4. The summed E-state index contributed by atoms with van der Waals surface area (Å²) in [6, 6.07) is 4.04. The molecule has 1 aliphatic carbocycles. The monoisotopic (exact) mass is 310 g/mol. The SMILES string of the molecule is CC1CCC(CNC(=O)c2ccc([N+](=O)[O-])c(Cl)c2)CC1. The highest BCUT2D eigenvalue weighted by atomic mass is 35.5. The summed E-state index contributed by atoms with van der Waals surface area (Å²) in [6.45, 7) is 2.91. The highest BCUT2D eigenvalue weighted by Gasteiger charge is 2.20. The van der Waals surface area contributed by atoms with Crippen molar-refractivity contribution in [1.29, 1.82) is 0 Å². The first-order chi connectivity index (χ1) is 9.97. The van der Waals surface area contributed by atoms with E-state index in [0.717, 1.165) is 18.8 Å². The molecule has 0 heterocycles. The van der Waals surface area contributed by atoms with Crippen molar-refractivity contribution in [2.24, 2.45) is 11.8 Å². The van der Waals surface area contributed by atoms with Crippen LogP contribution in [0.5, 0.6) is 0 Å². The number of hydrogen-bond donors (Lipinski definition) is 1. The average Bonchev–Trinajstić information content (AvgIpc) is 2.45. The van der Waals surface area contributed by atoms with Crippen molar-refractivity contribution in [3.05, 3.63) is 38.9 Å². The second-order valence-corrected chi connectivity index (χ2v) is 6.17. The Labute approximate surface area is 128 Å². The molecule has 6 heteroatoms. The first-order valence-corrected chi connectivity index (χ1v) is 7.57. The average molecular weight is 311 g/mol. The standard InChI is InChI=1S/C15H19ClN2O3/c1-10-2-4-11(5-3-10)9-17-15(19)12-6-7-14(18(20)21)13(16)8-12/h6-8,10-11H,2-5,9H2,1H3,(H,17,19). The molecule has 1 fully saturated rings. The summed E-state index contributed by atoms with van der Waals surface area (Å²) in [5.41, 5.74) is 0.171. The number of carbonyl (C=O) groups is 1. The first-order valence-electron chi connectivity index (χ1n) is 7.19. The van der Waals surface area contributed by atoms with E-state index in [-0.39, 0.29) is 16.6 Å². The molecule has 1 amide bonds. The largest absolute Gasteiger partial charge is 0.352 e. The minimum absolute atomic E-state index is 0.0147. The first kappa shape index (κ1) is 15.8. The minimum Gasteiger partial charge on any atom is -0.352 e. The van der Waals surface area contributed by atoms with Crippen molar-refractivity contribution in [1.82, 2.24) is 5.32 Å². The van der Waals surface area contributed by atoms with Gasteiger partial charge in [0.05, 0.1) is 4.92 Å². The molecule has 0 radical (unpaired) electrons. The van der Waals surface area contributed by atoms with Crippen LogP contribution in [-0.2, 0) is 0 Å². The van der Waals surface area contributed by atoms with Crippen LogP contribution in [0.1, 0.15) is 43.0 Å². The molecule has 0 atom stereocenters. The predicted octanol–water partition coefficient (Wildman–Crippen LogP) is 3.80. The fourth-order valence-electron chi connectivity index (χ4n) is 2.67. The van der Waals surface area contributed by atoms with Crippen molar-refractivity contribution >= 4 is 23.2 Å². The van der Waals surface area contributed by atoms with Gasteiger partial charge in [0.2, 0.25) is 0 Å². The Kier molecular flexibility index (Phi) is 5.17. The number of nitro benzene ring substituents is 1. The topological polar surface area (TPSA) is 72.2 Å². The van der Waals surface area contributed by atoms with Gasteiger partial charge in [-0.25, -0.2) is 0 Å². The molecule has 1 N–H and O–H groups in total. The lowest BCUT2D eigenvalue weighted by atomic mass is 9.83. The van der Waals surface area contributed by atoms with Gasteiger partial charge in [0.1, 0.15) is 5.02 Å². The number of nitro groups is 1. The summed E-state index contributed by atoms with van der Waals surface area (Å²) in [7, 11) is 0. The van der Waals surface area contributed by atoms with E-state index in [9.17, 15) is 14.9 Å². The van der Waals surface area contributed by atoms with Crippen LogP contribution >= 0.6 is 11.6 Å². The summed E-state index contributed by atoms with van der Waals surface area (Å²) in [5.74, 6) is 1.08. The molecule has 0 aromatic heterocycles. The lowest BCUT2D eigenvalue weighted by molar-refractivity contribution is -0.384. The Hall–Kier alpha value is -1.62. The van der Waals surface area contributed by atoms with Crippen molar-refractivity contribution in [2.45, 2.75) is 32.6 Å². The second kappa shape index (κ2) is 6.89. The van der Waals surface area contributed by atoms with E-state index in [0.29, 0.717) is 18.0 Å². The maximum atomic E-state index is 12.0. The molecule has 5 nitrogen and oxygen atoms in total. The van der Waals surface area contributed by atoms with Gasteiger partial charge in [-0.3, -0.25) is 14.9 Å². The van der Waals surface area contributed by atoms with E-state index < -0.39 is 4.92 Å². The maximum Gasteiger partial charge on any atom is 0.287 e. The van der Waals surface area contributed by atoms with E-state index in [1.807, 2.05) is 0 Å².